The third-order valence-corrected chi connectivity index (χ3v) is 7.37. The van der Waals surface area contributed by atoms with Gasteiger partial charge in [-0.3, -0.25) is 14.4 Å². The Bertz CT molecular complexity index is 1010. The number of Topliss-reactive ketones (excluding diaryl/α,β-unsaturated/α-hetero) is 1. The first-order valence-electron chi connectivity index (χ1n) is 13.1. The van der Waals surface area contributed by atoms with Crippen molar-refractivity contribution in [3.63, 3.8) is 0 Å². The molecule has 1 aliphatic carbocycles. The SMILES string of the molecule is O=C(CCCNC(=O)C1CCN(c2ccccc2)CC1)c1ccc(OC2CCC(C(=O)O)CC2)cc1. The molecule has 1 saturated heterocycles. The first-order chi connectivity index (χ1) is 17.5. The number of hydrogen-bond donors (Lipinski definition) is 2. The fraction of sp³-hybridized carbons (Fsp3) is 0.483. The van der Waals surface area contributed by atoms with Crippen LogP contribution in [-0.2, 0) is 9.59 Å². The maximum Gasteiger partial charge on any atom is 0.306 e. The lowest BCUT2D eigenvalue weighted by atomic mass is 9.87. The first kappa shape index (κ1) is 25.7. The third kappa shape index (κ3) is 7.09. The maximum atomic E-state index is 12.6. The monoisotopic (exact) mass is 492 g/mol. The highest BCUT2D eigenvalue weighted by Gasteiger charge is 2.27. The molecule has 0 spiro atoms. The molecule has 1 saturated carbocycles. The minimum atomic E-state index is -0.722. The van der Waals surface area contributed by atoms with E-state index in [9.17, 15) is 14.4 Å². The van der Waals surface area contributed by atoms with Gasteiger partial charge >= 0.3 is 5.97 Å². The van der Waals surface area contributed by atoms with Crippen molar-refractivity contribution in [3.05, 3.63) is 60.2 Å². The lowest BCUT2D eigenvalue weighted by Crippen LogP contribution is -2.40. The van der Waals surface area contributed by atoms with E-state index in [2.05, 4.69) is 22.3 Å². The second kappa shape index (κ2) is 12.6. The molecule has 1 heterocycles. The zero-order valence-corrected chi connectivity index (χ0v) is 20.7. The molecular weight excluding hydrogens is 456 g/mol. The highest BCUT2D eigenvalue weighted by Crippen LogP contribution is 2.28. The molecule has 36 heavy (non-hydrogen) atoms. The van der Waals surface area contributed by atoms with Gasteiger partial charge in [0.05, 0.1) is 12.0 Å². The number of benzene rings is 2. The second-order valence-corrected chi connectivity index (χ2v) is 9.87. The number of anilines is 1. The van der Waals surface area contributed by atoms with Crippen LogP contribution in [0.4, 0.5) is 5.69 Å². The number of piperidine rings is 1. The van der Waals surface area contributed by atoms with E-state index in [0.717, 1.165) is 38.8 Å². The number of carbonyl (C=O) groups is 3. The van der Waals surface area contributed by atoms with Crippen molar-refractivity contribution >= 4 is 23.3 Å². The van der Waals surface area contributed by atoms with E-state index >= 15 is 0 Å². The molecule has 4 rings (SSSR count). The van der Waals surface area contributed by atoms with E-state index in [-0.39, 0.29) is 29.6 Å². The fourth-order valence-electron chi connectivity index (χ4n) is 5.13. The Hall–Kier alpha value is -3.35. The lowest BCUT2D eigenvalue weighted by molar-refractivity contribution is -0.143. The predicted molar refractivity (Wildman–Crippen MR) is 138 cm³/mol. The van der Waals surface area contributed by atoms with Gasteiger partial charge in [-0.25, -0.2) is 0 Å². The molecular formula is C29H36N2O5. The minimum absolute atomic E-state index is 0.0244. The molecule has 0 aromatic heterocycles. The summed E-state index contributed by atoms with van der Waals surface area (Å²) in [6, 6.07) is 17.5. The number of carbonyl (C=O) groups excluding carboxylic acids is 2. The van der Waals surface area contributed by atoms with E-state index in [0.29, 0.717) is 43.5 Å². The summed E-state index contributed by atoms with van der Waals surface area (Å²) in [6.45, 7) is 2.26. The lowest BCUT2D eigenvalue weighted by Gasteiger charge is -2.33. The second-order valence-electron chi connectivity index (χ2n) is 9.87. The Morgan fingerprint density at radius 2 is 1.53 bits per heavy atom. The van der Waals surface area contributed by atoms with Crippen LogP contribution in [0.1, 0.15) is 61.7 Å². The minimum Gasteiger partial charge on any atom is -0.490 e. The summed E-state index contributed by atoms with van der Waals surface area (Å²) in [5.41, 5.74) is 1.84. The number of rotatable bonds is 10. The van der Waals surface area contributed by atoms with Crippen LogP contribution in [0, 0.1) is 11.8 Å². The van der Waals surface area contributed by atoms with E-state index in [1.165, 1.54) is 5.69 Å². The smallest absolute Gasteiger partial charge is 0.306 e. The van der Waals surface area contributed by atoms with E-state index in [1.807, 2.05) is 18.2 Å². The van der Waals surface area contributed by atoms with Crippen molar-refractivity contribution in [1.82, 2.24) is 5.32 Å². The van der Waals surface area contributed by atoms with Gasteiger partial charge < -0.3 is 20.1 Å². The van der Waals surface area contributed by atoms with Gasteiger partial charge in [0.25, 0.3) is 0 Å². The number of hydrogen-bond acceptors (Lipinski definition) is 5. The quantitative estimate of drug-likeness (QED) is 0.369. The van der Waals surface area contributed by atoms with Gasteiger partial charge in [0.15, 0.2) is 5.78 Å². The number of nitrogens with zero attached hydrogens (tertiary/aromatic N) is 1. The summed E-state index contributed by atoms with van der Waals surface area (Å²) in [6.07, 6.45) is 5.44. The van der Waals surface area contributed by atoms with Crippen LogP contribution in [0.5, 0.6) is 5.75 Å². The van der Waals surface area contributed by atoms with Gasteiger partial charge in [-0.05, 0) is 81.3 Å². The van der Waals surface area contributed by atoms with Crippen molar-refractivity contribution in [3.8, 4) is 5.75 Å². The zero-order valence-electron chi connectivity index (χ0n) is 20.7. The van der Waals surface area contributed by atoms with Gasteiger partial charge in [0.1, 0.15) is 5.75 Å². The largest absolute Gasteiger partial charge is 0.490 e. The van der Waals surface area contributed by atoms with Crippen molar-refractivity contribution in [2.75, 3.05) is 24.5 Å². The Labute approximate surface area is 212 Å². The van der Waals surface area contributed by atoms with Crippen molar-refractivity contribution < 1.29 is 24.2 Å². The number of carboxylic acids is 1. The highest BCUT2D eigenvalue weighted by molar-refractivity contribution is 5.96. The van der Waals surface area contributed by atoms with Crippen molar-refractivity contribution in [2.45, 2.75) is 57.5 Å². The molecule has 7 nitrogen and oxygen atoms in total. The first-order valence-corrected chi connectivity index (χ1v) is 13.1. The number of ketones is 1. The number of nitrogens with one attached hydrogen (secondary N) is 1. The van der Waals surface area contributed by atoms with Crippen LogP contribution >= 0.6 is 0 Å². The van der Waals surface area contributed by atoms with E-state index < -0.39 is 5.97 Å². The normalized spacial score (nSPS) is 20.5. The van der Waals surface area contributed by atoms with Crippen LogP contribution in [0.25, 0.3) is 0 Å². The number of amides is 1. The third-order valence-electron chi connectivity index (χ3n) is 7.37. The topological polar surface area (TPSA) is 95.9 Å². The molecule has 0 unspecified atom stereocenters. The average Bonchev–Trinajstić information content (AvgIpc) is 2.92. The maximum absolute atomic E-state index is 12.6. The van der Waals surface area contributed by atoms with Crippen LogP contribution in [0.15, 0.2) is 54.6 Å². The molecule has 2 aliphatic rings. The van der Waals surface area contributed by atoms with Crippen LogP contribution in [-0.4, -0.2) is 48.5 Å². The number of para-hydroxylation sites is 1. The molecule has 0 bridgehead atoms. The van der Waals surface area contributed by atoms with Gasteiger partial charge in [-0.2, -0.15) is 0 Å². The molecule has 2 N–H and O–H groups in total. The Balaban J connectivity index is 1.12. The van der Waals surface area contributed by atoms with Gasteiger partial charge in [0, 0.05) is 43.2 Å². The van der Waals surface area contributed by atoms with E-state index in [1.54, 1.807) is 24.3 Å². The van der Waals surface area contributed by atoms with Gasteiger partial charge in [-0.1, -0.05) is 18.2 Å². The Kier molecular flexibility index (Phi) is 8.98. The molecule has 1 amide bonds. The van der Waals surface area contributed by atoms with Gasteiger partial charge in [-0.15, -0.1) is 0 Å². The van der Waals surface area contributed by atoms with Gasteiger partial charge in [0.2, 0.25) is 5.91 Å². The van der Waals surface area contributed by atoms with Crippen LogP contribution < -0.4 is 15.0 Å². The van der Waals surface area contributed by atoms with E-state index in [4.69, 9.17) is 9.84 Å². The van der Waals surface area contributed by atoms with Crippen LogP contribution in [0.2, 0.25) is 0 Å². The predicted octanol–water partition coefficient (Wildman–Crippen LogP) is 4.70. The zero-order chi connectivity index (χ0) is 25.3. The molecule has 0 atom stereocenters. The molecule has 7 heteroatoms. The molecule has 2 fully saturated rings. The summed E-state index contributed by atoms with van der Waals surface area (Å²) in [7, 11) is 0. The summed E-state index contributed by atoms with van der Waals surface area (Å²) in [5, 5.41) is 12.1. The number of aliphatic carboxylic acids is 1. The summed E-state index contributed by atoms with van der Waals surface area (Å²) in [4.78, 5) is 38.5. The molecule has 0 radical (unpaired) electrons. The fourth-order valence-corrected chi connectivity index (χ4v) is 5.13. The molecule has 2 aromatic rings. The van der Waals surface area contributed by atoms with Crippen molar-refractivity contribution in [2.24, 2.45) is 11.8 Å². The summed E-state index contributed by atoms with van der Waals surface area (Å²) in [5.74, 6) is -0.103. The highest BCUT2D eigenvalue weighted by atomic mass is 16.5. The summed E-state index contributed by atoms with van der Waals surface area (Å²) < 4.78 is 5.98. The number of carboxylic acid groups (broad SMARTS) is 1. The molecule has 1 aliphatic heterocycles. The number of ether oxygens (including phenoxy) is 1. The van der Waals surface area contributed by atoms with Crippen molar-refractivity contribution in [1.29, 1.82) is 0 Å². The van der Waals surface area contributed by atoms with Crippen LogP contribution in [0.3, 0.4) is 0 Å². The Morgan fingerprint density at radius 1 is 0.861 bits per heavy atom. The summed E-state index contributed by atoms with van der Waals surface area (Å²) >= 11 is 0. The average molecular weight is 493 g/mol. The molecule has 192 valence electrons. The molecule has 2 aromatic carbocycles. The Morgan fingerprint density at radius 3 is 2.17 bits per heavy atom. The standard InChI is InChI=1S/C29H36N2O5/c32-27(21-8-12-25(13-9-21)36-26-14-10-23(11-15-26)29(34)35)7-4-18-30-28(33)22-16-19-31(20-17-22)24-5-2-1-3-6-24/h1-3,5-6,8-9,12-13,22-23,26H,4,7,10-11,14-20H2,(H,30,33)(H,34,35).